The van der Waals surface area contributed by atoms with Gasteiger partial charge in [-0.3, -0.25) is 9.59 Å². The van der Waals surface area contributed by atoms with Crippen LogP contribution in [0.25, 0.3) is 16.8 Å². The Morgan fingerprint density at radius 3 is 2.29 bits per heavy atom. The maximum absolute atomic E-state index is 13.9. The minimum absolute atomic E-state index is 0.0295. The molecule has 4 aromatic rings. The van der Waals surface area contributed by atoms with Gasteiger partial charge in [0.2, 0.25) is 5.88 Å². The van der Waals surface area contributed by atoms with Crippen molar-refractivity contribution < 1.29 is 18.7 Å². The highest BCUT2D eigenvalue weighted by Gasteiger charge is 2.23. The van der Waals surface area contributed by atoms with Crippen molar-refractivity contribution in [3.05, 3.63) is 95.9 Å². The third kappa shape index (κ3) is 4.88. The first kappa shape index (κ1) is 22.9. The van der Waals surface area contributed by atoms with Gasteiger partial charge in [-0.2, -0.15) is 9.78 Å². The largest absolute Gasteiger partial charge is 0.407 e. The molecule has 1 heterocycles. The average Bonchev–Trinajstić information content (AvgIpc) is 3.17. The lowest BCUT2D eigenvalue weighted by molar-refractivity contribution is -0.132. The lowest BCUT2D eigenvalue weighted by atomic mass is 10.0. The van der Waals surface area contributed by atoms with Crippen LogP contribution < -0.4 is 10.1 Å². The number of esters is 1. The van der Waals surface area contributed by atoms with Crippen molar-refractivity contribution >= 4 is 17.6 Å². The first-order valence-corrected chi connectivity index (χ1v) is 11.0. The molecule has 172 valence electrons. The number of nitrogens with zero attached hydrogens (tertiary/aromatic N) is 2. The van der Waals surface area contributed by atoms with Gasteiger partial charge in [-0.1, -0.05) is 55.8 Å². The van der Waals surface area contributed by atoms with E-state index in [1.165, 1.54) is 25.1 Å². The maximum atomic E-state index is 13.9. The molecule has 0 aliphatic rings. The van der Waals surface area contributed by atoms with Crippen molar-refractivity contribution in [3.63, 3.8) is 0 Å². The van der Waals surface area contributed by atoms with Gasteiger partial charge in [0.15, 0.2) is 0 Å². The summed E-state index contributed by atoms with van der Waals surface area (Å²) in [5.74, 6) is -1.23. The van der Waals surface area contributed by atoms with Crippen LogP contribution in [0.3, 0.4) is 0 Å². The number of aryl methyl sites for hydroxylation is 1. The van der Waals surface area contributed by atoms with Crippen LogP contribution in [0.4, 0.5) is 10.1 Å². The van der Waals surface area contributed by atoms with Gasteiger partial charge in [0, 0.05) is 12.6 Å². The second-order valence-corrected chi connectivity index (χ2v) is 7.73. The highest BCUT2D eigenvalue weighted by atomic mass is 19.1. The predicted molar refractivity (Wildman–Crippen MR) is 129 cm³/mol. The van der Waals surface area contributed by atoms with E-state index in [0.29, 0.717) is 23.6 Å². The molecule has 0 aliphatic heterocycles. The van der Waals surface area contributed by atoms with E-state index in [1.807, 2.05) is 42.5 Å². The Hall–Kier alpha value is -4.26. The molecule has 3 aromatic carbocycles. The number of carbonyl (C=O) groups is 2. The van der Waals surface area contributed by atoms with Gasteiger partial charge < -0.3 is 10.1 Å². The molecule has 0 unspecified atom stereocenters. The van der Waals surface area contributed by atoms with Crippen LogP contribution in [0.2, 0.25) is 0 Å². The average molecular weight is 458 g/mol. The van der Waals surface area contributed by atoms with E-state index in [-0.39, 0.29) is 5.56 Å². The lowest BCUT2D eigenvalue weighted by Crippen LogP contribution is -2.13. The van der Waals surface area contributed by atoms with Crippen molar-refractivity contribution in [2.24, 2.45) is 0 Å². The lowest BCUT2D eigenvalue weighted by Gasteiger charge is -2.10. The molecule has 1 N–H and O–H groups in total. The topological polar surface area (TPSA) is 73.2 Å². The second kappa shape index (κ2) is 10.1. The number of amides is 1. The van der Waals surface area contributed by atoms with Crippen LogP contribution in [-0.2, 0) is 11.2 Å². The number of anilines is 1. The Balaban J connectivity index is 1.71. The molecule has 0 bridgehead atoms. The van der Waals surface area contributed by atoms with Crippen molar-refractivity contribution in [3.8, 4) is 22.7 Å². The Morgan fingerprint density at radius 2 is 1.65 bits per heavy atom. The van der Waals surface area contributed by atoms with Crippen molar-refractivity contribution in [2.75, 3.05) is 5.32 Å². The van der Waals surface area contributed by atoms with Crippen LogP contribution in [-0.4, -0.2) is 21.7 Å². The molecule has 1 aromatic heterocycles. The van der Waals surface area contributed by atoms with Gasteiger partial charge in [-0.05, 0) is 48.4 Å². The smallest absolute Gasteiger partial charge is 0.309 e. The molecule has 0 saturated carbocycles. The van der Waals surface area contributed by atoms with Gasteiger partial charge in [0.1, 0.15) is 5.82 Å². The molecule has 0 radical (unpaired) electrons. The summed E-state index contributed by atoms with van der Waals surface area (Å²) in [4.78, 5) is 24.4. The monoisotopic (exact) mass is 457 g/mol. The fourth-order valence-electron chi connectivity index (χ4n) is 3.69. The zero-order valence-corrected chi connectivity index (χ0v) is 18.9. The molecule has 0 atom stereocenters. The van der Waals surface area contributed by atoms with E-state index >= 15 is 0 Å². The number of hydrogen-bond acceptors (Lipinski definition) is 4. The summed E-state index contributed by atoms with van der Waals surface area (Å²) in [7, 11) is 0. The Bertz CT molecular complexity index is 1310. The number of aromatic nitrogens is 2. The van der Waals surface area contributed by atoms with Crippen LogP contribution in [0.1, 0.15) is 36.3 Å². The fraction of sp³-hybridized carbons (Fsp3) is 0.148. The van der Waals surface area contributed by atoms with Gasteiger partial charge in [-0.15, -0.1) is 0 Å². The molecule has 0 spiro atoms. The summed E-state index contributed by atoms with van der Waals surface area (Å²) in [6, 6.07) is 22.4. The van der Waals surface area contributed by atoms with E-state index < -0.39 is 17.7 Å². The molecule has 1 amide bonds. The fourth-order valence-corrected chi connectivity index (χ4v) is 3.69. The number of nitrogens with one attached hydrogen (secondary N) is 1. The number of para-hydroxylation sites is 1. The molecule has 7 heteroatoms. The van der Waals surface area contributed by atoms with E-state index in [0.717, 1.165) is 23.4 Å². The summed E-state index contributed by atoms with van der Waals surface area (Å²) < 4.78 is 21.2. The molecule has 0 fully saturated rings. The Labute approximate surface area is 197 Å². The number of benzene rings is 3. The second-order valence-electron chi connectivity index (χ2n) is 7.73. The maximum Gasteiger partial charge on any atom is 0.309 e. The van der Waals surface area contributed by atoms with Gasteiger partial charge >= 0.3 is 5.97 Å². The van der Waals surface area contributed by atoms with Crippen LogP contribution in [0.5, 0.6) is 5.88 Å². The molecular formula is C27H24FN3O3. The van der Waals surface area contributed by atoms with Gasteiger partial charge in [-0.25, -0.2) is 4.39 Å². The number of ether oxygens (including phenoxy) is 1. The van der Waals surface area contributed by atoms with Gasteiger partial charge in [0.25, 0.3) is 5.91 Å². The van der Waals surface area contributed by atoms with Crippen molar-refractivity contribution in [2.45, 2.75) is 26.7 Å². The predicted octanol–water partition coefficient (Wildman–Crippen LogP) is 5.81. The number of halogens is 1. The SMILES string of the molecule is CCCc1nn(-c2ccccc2)c(OC(C)=O)c1-c1ccc(NC(=O)c2ccccc2F)cc1. The highest BCUT2D eigenvalue weighted by Crippen LogP contribution is 2.37. The van der Waals surface area contributed by atoms with Crippen LogP contribution in [0.15, 0.2) is 78.9 Å². The van der Waals surface area contributed by atoms with Crippen molar-refractivity contribution in [1.29, 1.82) is 0 Å². The highest BCUT2D eigenvalue weighted by molar-refractivity contribution is 6.04. The number of hydrogen-bond donors (Lipinski definition) is 1. The van der Waals surface area contributed by atoms with Crippen LogP contribution in [0, 0.1) is 5.82 Å². The van der Waals surface area contributed by atoms with E-state index in [4.69, 9.17) is 9.84 Å². The molecule has 4 rings (SSSR count). The van der Waals surface area contributed by atoms with E-state index in [9.17, 15) is 14.0 Å². The summed E-state index contributed by atoms with van der Waals surface area (Å²) >= 11 is 0. The first-order chi connectivity index (χ1) is 16.5. The van der Waals surface area contributed by atoms with E-state index in [2.05, 4.69) is 12.2 Å². The summed E-state index contributed by atoms with van der Waals surface area (Å²) in [5.41, 5.74) is 3.55. The van der Waals surface area contributed by atoms with Crippen LogP contribution >= 0.6 is 0 Å². The summed E-state index contributed by atoms with van der Waals surface area (Å²) in [6.45, 7) is 3.41. The molecular weight excluding hydrogens is 433 g/mol. The Kier molecular flexibility index (Phi) is 6.82. The Morgan fingerprint density at radius 1 is 0.971 bits per heavy atom. The number of rotatable bonds is 7. The zero-order valence-electron chi connectivity index (χ0n) is 18.9. The normalized spacial score (nSPS) is 10.7. The first-order valence-electron chi connectivity index (χ1n) is 11.0. The molecule has 6 nitrogen and oxygen atoms in total. The summed E-state index contributed by atoms with van der Waals surface area (Å²) in [6.07, 6.45) is 1.55. The minimum Gasteiger partial charge on any atom is -0.407 e. The number of carbonyl (C=O) groups excluding carboxylic acids is 2. The third-order valence-electron chi connectivity index (χ3n) is 5.19. The standard InChI is InChI=1S/C27H24FN3O3/c1-3-9-24-25(27(34-18(2)32)31(30-24)21-10-5-4-6-11-21)19-14-16-20(17-15-19)29-26(33)22-12-7-8-13-23(22)28/h4-8,10-17H,3,9H2,1-2H3,(H,29,33). The zero-order chi connectivity index (χ0) is 24.1. The quantitative estimate of drug-likeness (QED) is 0.356. The van der Waals surface area contributed by atoms with Crippen molar-refractivity contribution in [1.82, 2.24) is 9.78 Å². The minimum atomic E-state index is -0.583. The van der Waals surface area contributed by atoms with E-state index in [1.54, 1.807) is 22.9 Å². The summed E-state index contributed by atoms with van der Waals surface area (Å²) in [5, 5.41) is 7.46. The molecule has 0 aliphatic carbocycles. The molecule has 34 heavy (non-hydrogen) atoms. The van der Waals surface area contributed by atoms with Gasteiger partial charge in [0.05, 0.1) is 22.5 Å². The molecule has 0 saturated heterocycles. The third-order valence-corrected chi connectivity index (χ3v) is 5.19.